The predicted molar refractivity (Wildman–Crippen MR) is 68.1 cm³/mol. The second kappa shape index (κ2) is 5.42. The van der Waals surface area contributed by atoms with E-state index in [4.69, 9.17) is 0 Å². The largest absolute Gasteiger partial charge is 0.378 e. The number of pyridine rings is 1. The lowest BCUT2D eigenvalue weighted by molar-refractivity contribution is -0.384. The van der Waals surface area contributed by atoms with Gasteiger partial charge in [-0.3, -0.25) is 15.1 Å². The quantitative estimate of drug-likeness (QED) is 0.654. The average Bonchev–Trinajstić information content (AvgIpc) is 2.80. The summed E-state index contributed by atoms with van der Waals surface area (Å²) in [7, 11) is 0. The number of hydrogen-bond donors (Lipinski definition) is 2. The van der Waals surface area contributed by atoms with Gasteiger partial charge in [-0.2, -0.15) is 0 Å². The number of halogens is 1. The van der Waals surface area contributed by atoms with Crippen LogP contribution in [0.4, 0.5) is 11.4 Å². The zero-order chi connectivity index (χ0) is 12.3. The third-order valence-electron chi connectivity index (χ3n) is 2.81. The second-order valence-electron chi connectivity index (χ2n) is 4.01. The van der Waals surface area contributed by atoms with Gasteiger partial charge in [0, 0.05) is 12.7 Å². The minimum atomic E-state index is -0.424. The van der Waals surface area contributed by atoms with Crippen molar-refractivity contribution in [3.63, 3.8) is 0 Å². The molecule has 0 saturated carbocycles. The summed E-state index contributed by atoms with van der Waals surface area (Å²) in [5.41, 5.74) is 0.516. The fourth-order valence-corrected chi connectivity index (χ4v) is 2.33. The number of aromatic nitrogens is 1. The Bertz CT molecular complexity index is 421. The van der Waals surface area contributed by atoms with Crippen molar-refractivity contribution in [2.24, 2.45) is 5.92 Å². The van der Waals surface area contributed by atoms with Crippen LogP contribution in [0.15, 0.2) is 16.9 Å². The molecule has 17 heavy (non-hydrogen) atoms. The van der Waals surface area contributed by atoms with Crippen LogP contribution >= 0.6 is 15.9 Å². The Morgan fingerprint density at radius 2 is 2.47 bits per heavy atom. The molecule has 0 amide bonds. The maximum atomic E-state index is 10.9. The van der Waals surface area contributed by atoms with Crippen molar-refractivity contribution in [1.29, 1.82) is 0 Å². The first kappa shape index (κ1) is 12.3. The van der Waals surface area contributed by atoms with Crippen molar-refractivity contribution in [3.05, 3.63) is 27.0 Å². The van der Waals surface area contributed by atoms with Crippen LogP contribution in [0.2, 0.25) is 0 Å². The Kier molecular flexibility index (Phi) is 3.90. The molecule has 1 aliphatic heterocycles. The van der Waals surface area contributed by atoms with Gasteiger partial charge in [0.1, 0.15) is 11.9 Å². The van der Waals surface area contributed by atoms with E-state index >= 15 is 0 Å². The molecule has 1 aliphatic rings. The molecule has 0 aliphatic carbocycles. The van der Waals surface area contributed by atoms with Crippen LogP contribution in [-0.2, 0) is 0 Å². The van der Waals surface area contributed by atoms with Gasteiger partial charge in [-0.25, -0.2) is 0 Å². The number of nitrogens with zero attached hydrogens (tertiary/aromatic N) is 2. The molecule has 2 rings (SSSR count). The van der Waals surface area contributed by atoms with E-state index in [1.54, 1.807) is 6.20 Å². The van der Waals surface area contributed by atoms with Crippen molar-refractivity contribution < 1.29 is 4.92 Å². The van der Waals surface area contributed by atoms with Gasteiger partial charge >= 0.3 is 5.69 Å². The average molecular weight is 301 g/mol. The molecule has 0 aromatic carbocycles. The standard InChI is InChI=1S/C10H13BrN4O2/c11-8-5-13-6-9(15(16)17)10(8)14-4-7-1-2-12-3-7/h5-7,12H,1-4H2,(H,13,14). The van der Waals surface area contributed by atoms with Gasteiger partial charge in [0.2, 0.25) is 0 Å². The molecule has 92 valence electrons. The first-order valence-electron chi connectivity index (χ1n) is 5.41. The summed E-state index contributed by atoms with van der Waals surface area (Å²) >= 11 is 3.28. The monoisotopic (exact) mass is 300 g/mol. The van der Waals surface area contributed by atoms with E-state index in [0.29, 0.717) is 16.1 Å². The zero-order valence-corrected chi connectivity index (χ0v) is 10.7. The Balaban J connectivity index is 2.10. The fourth-order valence-electron chi connectivity index (χ4n) is 1.87. The zero-order valence-electron chi connectivity index (χ0n) is 9.15. The van der Waals surface area contributed by atoms with Crippen molar-refractivity contribution in [2.75, 3.05) is 25.0 Å². The summed E-state index contributed by atoms with van der Waals surface area (Å²) < 4.78 is 0.623. The van der Waals surface area contributed by atoms with Gasteiger partial charge in [0.05, 0.1) is 9.40 Å². The topological polar surface area (TPSA) is 80.1 Å². The smallest absolute Gasteiger partial charge is 0.311 e. The highest BCUT2D eigenvalue weighted by atomic mass is 79.9. The lowest BCUT2D eigenvalue weighted by Crippen LogP contribution is -2.18. The Morgan fingerprint density at radius 1 is 1.65 bits per heavy atom. The summed E-state index contributed by atoms with van der Waals surface area (Å²) in [6.07, 6.45) is 3.92. The minimum absolute atomic E-state index is 0.00494. The van der Waals surface area contributed by atoms with E-state index in [1.807, 2.05) is 0 Å². The summed E-state index contributed by atoms with van der Waals surface area (Å²) in [5.74, 6) is 0.523. The maximum Gasteiger partial charge on any atom is 0.311 e. The van der Waals surface area contributed by atoms with Crippen molar-refractivity contribution in [3.8, 4) is 0 Å². The summed E-state index contributed by atoms with van der Waals surface area (Å²) in [4.78, 5) is 14.2. The van der Waals surface area contributed by atoms with Gasteiger partial charge < -0.3 is 10.6 Å². The fraction of sp³-hybridized carbons (Fsp3) is 0.500. The van der Waals surface area contributed by atoms with Gasteiger partial charge in [0.25, 0.3) is 0 Å². The van der Waals surface area contributed by atoms with E-state index in [1.165, 1.54) is 6.20 Å². The van der Waals surface area contributed by atoms with Crippen molar-refractivity contribution in [2.45, 2.75) is 6.42 Å². The van der Waals surface area contributed by atoms with Crippen molar-refractivity contribution in [1.82, 2.24) is 10.3 Å². The van der Waals surface area contributed by atoms with Gasteiger partial charge in [-0.1, -0.05) is 0 Å². The van der Waals surface area contributed by atoms with Gasteiger partial charge in [-0.05, 0) is 41.4 Å². The molecule has 6 nitrogen and oxygen atoms in total. The first-order valence-corrected chi connectivity index (χ1v) is 6.20. The molecule has 1 saturated heterocycles. The van der Waals surface area contributed by atoms with Crippen LogP contribution < -0.4 is 10.6 Å². The Labute approximate surface area is 107 Å². The highest BCUT2D eigenvalue weighted by Crippen LogP contribution is 2.31. The molecule has 0 radical (unpaired) electrons. The summed E-state index contributed by atoms with van der Waals surface area (Å²) in [6.45, 7) is 2.71. The van der Waals surface area contributed by atoms with E-state index < -0.39 is 4.92 Å². The minimum Gasteiger partial charge on any atom is -0.378 e. The number of nitro groups is 1. The van der Waals surface area contributed by atoms with Crippen LogP contribution in [-0.4, -0.2) is 29.5 Å². The second-order valence-corrected chi connectivity index (χ2v) is 4.87. The number of rotatable bonds is 4. The number of nitrogens with one attached hydrogen (secondary N) is 2. The molecule has 1 unspecified atom stereocenters. The first-order chi connectivity index (χ1) is 8.18. The van der Waals surface area contributed by atoms with Crippen LogP contribution in [0, 0.1) is 16.0 Å². The molecule has 1 atom stereocenters. The summed E-state index contributed by atoms with van der Waals surface area (Å²) in [5, 5.41) is 17.3. The molecule has 1 aromatic heterocycles. The van der Waals surface area contributed by atoms with Crippen LogP contribution in [0.3, 0.4) is 0 Å². The molecule has 1 aromatic rings. The molecule has 0 spiro atoms. The Morgan fingerprint density at radius 3 is 3.12 bits per heavy atom. The third kappa shape index (κ3) is 2.92. The normalized spacial score (nSPS) is 19.2. The number of anilines is 1. The lowest BCUT2D eigenvalue weighted by Gasteiger charge is -2.12. The van der Waals surface area contributed by atoms with Crippen LogP contribution in [0.1, 0.15) is 6.42 Å². The van der Waals surface area contributed by atoms with E-state index in [0.717, 1.165) is 26.1 Å². The van der Waals surface area contributed by atoms with Crippen LogP contribution in [0.25, 0.3) is 0 Å². The molecule has 2 heterocycles. The SMILES string of the molecule is O=[N+]([O-])c1cncc(Br)c1NCC1CCNC1. The van der Waals surface area contributed by atoms with E-state index in [2.05, 4.69) is 31.5 Å². The van der Waals surface area contributed by atoms with E-state index in [9.17, 15) is 10.1 Å². The molecule has 1 fully saturated rings. The predicted octanol–water partition coefficient (Wildman–Crippen LogP) is 1.77. The highest BCUT2D eigenvalue weighted by molar-refractivity contribution is 9.10. The van der Waals surface area contributed by atoms with Gasteiger partial charge in [-0.15, -0.1) is 0 Å². The molecular weight excluding hydrogens is 288 g/mol. The molecule has 7 heteroatoms. The summed E-state index contributed by atoms with van der Waals surface area (Å²) in [6, 6.07) is 0. The van der Waals surface area contributed by atoms with Gasteiger partial charge in [0.15, 0.2) is 0 Å². The lowest BCUT2D eigenvalue weighted by atomic mass is 10.1. The number of hydrogen-bond acceptors (Lipinski definition) is 5. The highest BCUT2D eigenvalue weighted by Gasteiger charge is 2.19. The van der Waals surface area contributed by atoms with E-state index in [-0.39, 0.29) is 5.69 Å². The Hall–Kier alpha value is -1.21. The third-order valence-corrected chi connectivity index (χ3v) is 3.41. The van der Waals surface area contributed by atoms with Crippen LogP contribution in [0.5, 0.6) is 0 Å². The molecule has 2 N–H and O–H groups in total. The van der Waals surface area contributed by atoms with Crippen molar-refractivity contribution >= 4 is 27.3 Å². The molecular formula is C10H13BrN4O2. The molecule has 0 bridgehead atoms. The maximum absolute atomic E-state index is 10.9.